The van der Waals surface area contributed by atoms with Gasteiger partial charge >= 0.3 is 5.82 Å². The molecule has 5 nitrogen and oxygen atoms in total. The minimum Gasteiger partial charge on any atom is -0.358 e. The van der Waals surface area contributed by atoms with Crippen molar-refractivity contribution in [3.8, 4) is 0 Å². The maximum Gasteiger partial charge on any atom is 0.364 e. The van der Waals surface area contributed by atoms with Gasteiger partial charge in [0.05, 0.1) is 4.47 Å². The van der Waals surface area contributed by atoms with Gasteiger partial charge < -0.3 is 10.1 Å². The maximum absolute atomic E-state index is 10.3. The van der Waals surface area contributed by atoms with Crippen LogP contribution in [-0.4, -0.2) is 16.2 Å². The summed E-state index contributed by atoms with van der Waals surface area (Å²) in [7, 11) is 0. The van der Waals surface area contributed by atoms with Crippen LogP contribution in [0, 0.1) is 10.1 Å². The number of carbonyl (C=O) groups excluding carboxylic acids is 1. The molecule has 0 aliphatic rings. The van der Waals surface area contributed by atoms with E-state index in [0.717, 1.165) is 6.07 Å². The summed E-state index contributed by atoms with van der Waals surface area (Å²) < 4.78 is 0.447. The summed E-state index contributed by atoms with van der Waals surface area (Å²) >= 11 is 3.02. The van der Waals surface area contributed by atoms with Crippen LogP contribution in [0.4, 0.5) is 5.82 Å². The molecule has 0 radical (unpaired) electrons. The number of carbonyl (C=O) groups is 1. The molecule has 0 fully saturated rings. The number of rotatable bonds is 2. The Balaban J connectivity index is 3.22. The molecule has 0 unspecified atom stereocenters. The average Bonchev–Trinajstić information content (AvgIpc) is 2.05. The molecule has 1 aromatic heterocycles. The Bertz CT molecular complexity index is 340. The zero-order valence-corrected chi connectivity index (χ0v) is 7.32. The van der Waals surface area contributed by atoms with E-state index in [1.807, 2.05) is 0 Å². The van der Waals surface area contributed by atoms with Gasteiger partial charge in [-0.25, -0.2) is 0 Å². The van der Waals surface area contributed by atoms with E-state index in [-0.39, 0.29) is 11.4 Å². The van der Waals surface area contributed by atoms with Crippen molar-refractivity contribution < 1.29 is 9.72 Å². The van der Waals surface area contributed by atoms with Gasteiger partial charge in [0, 0.05) is 11.6 Å². The van der Waals surface area contributed by atoms with Crippen LogP contribution in [0.2, 0.25) is 0 Å². The van der Waals surface area contributed by atoms with E-state index < -0.39 is 4.92 Å². The Morgan fingerprint density at radius 3 is 2.83 bits per heavy atom. The van der Waals surface area contributed by atoms with Crippen molar-refractivity contribution in [3.05, 3.63) is 32.4 Å². The Hall–Kier alpha value is -1.30. The second kappa shape index (κ2) is 3.40. The number of pyridine rings is 1. The standard InChI is InChI=1S/C6H3BrN2O3/c7-5-2-8-6(9(11)12)1-4(5)3-10/h1-3H. The molecule has 0 aromatic carbocycles. The smallest absolute Gasteiger partial charge is 0.358 e. The number of hydrogen-bond donors (Lipinski definition) is 0. The third kappa shape index (κ3) is 1.65. The van der Waals surface area contributed by atoms with Gasteiger partial charge in [-0.05, 0) is 25.8 Å². The van der Waals surface area contributed by atoms with Gasteiger partial charge in [-0.15, -0.1) is 0 Å². The maximum atomic E-state index is 10.3. The summed E-state index contributed by atoms with van der Waals surface area (Å²) in [6.07, 6.45) is 1.75. The molecular weight excluding hydrogens is 228 g/mol. The van der Waals surface area contributed by atoms with Gasteiger partial charge in [-0.1, -0.05) is 0 Å². The third-order valence-corrected chi connectivity index (χ3v) is 1.85. The average molecular weight is 231 g/mol. The summed E-state index contributed by atoms with van der Waals surface area (Å²) in [6, 6.07) is 1.11. The van der Waals surface area contributed by atoms with Crippen LogP contribution in [-0.2, 0) is 0 Å². The van der Waals surface area contributed by atoms with Crippen LogP contribution in [0.25, 0.3) is 0 Å². The Labute approximate surface area is 75.7 Å². The lowest BCUT2D eigenvalue weighted by Crippen LogP contribution is -1.94. The van der Waals surface area contributed by atoms with Crippen LogP contribution in [0.5, 0.6) is 0 Å². The molecule has 0 aliphatic carbocycles. The second-order valence-corrected chi connectivity index (χ2v) is 2.79. The fraction of sp³-hybridized carbons (Fsp3) is 0. The van der Waals surface area contributed by atoms with E-state index in [1.165, 1.54) is 6.20 Å². The lowest BCUT2D eigenvalue weighted by atomic mass is 10.3. The number of nitrogens with zero attached hydrogens (tertiary/aromatic N) is 2. The topological polar surface area (TPSA) is 73.1 Å². The molecule has 6 heteroatoms. The van der Waals surface area contributed by atoms with Crippen molar-refractivity contribution in [1.29, 1.82) is 0 Å². The molecule has 0 aliphatic heterocycles. The molecule has 1 aromatic rings. The molecule has 0 saturated heterocycles. The Morgan fingerprint density at radius 1 is 1.67 bits per heavy atom. The highest BCUT2D eigenvalue weighted by Gasteiger charge is 2.10. The zero-order chi connectivity index (χ0) is 9.14. The summed E-state index contributed by atoms with van der Waals surface area (Å²) in [4.78, 5) is 23.3. The van der Waals surface area contributed by atoms with E-state index in [9.17, 15) is 14.9 Å². The van der Waals surface area contributed by atoms with Crippen molar-refractivity contribution in [2.45, 2.75) is 0 Å². The summed E-state index contributed by atoms with van der Waals surface area (Å²) in [5.74, 6) is -0.333. The molecule has 1 rings (SSSR count). The number of aromatic nitrogens is 1. The van der Waals surface area contributed by atoms with Gasteiger partial charge in [-0.3, -0.25) is 4.79 Å². The minimum atomic E-state index is -0.653. The lowest BCUT2D eigenvalue weighted by Gasteiger charge is -1.93. The molecule has 0 atom stereocenters. The number of aldehydes is 1. The van der Waals surface area contributed by atoms with Crippen LogP contribution >= 0.6 is 15.9 Å². The zero-order valence-electron chi connectivity index (χ0n) is 5.73. The molecule has 12 heavy (non-hydrogen) atoms. The highest BCUT2D eigenvalue weighted by Crippen LogP contribution is 2.17. The van der Waals surface area contributed by atoms with E-state index in [0.29, 0.717) is 10.8 Å². The van der Waals surface area contributed by atoms with Gasteiger partial charge in [0.1, 0.15) is 0 Å². The molecule has 0 N–H and O–H groups in total. The van der Waals surface area contributed by atoms with Crippen molar-refractivity contribution in [3.63, 3.8) is 0 Å². The highest BCUT2D eigenvalue weighted by molar-refractivity contribution is 9.10. The summed E-state index contributed by atoms with van der Waals surface area (Å²) in [5.41, 5.74) is 0.219. The monoisotopic (exact) mass is 230 g/mol. The molecule has 0 saturated carbocycles. The summed E-state index contributed by atoms with van der Waals surface area (Å²) in [5, 5.41) is 10.2. The van der Waals surface area contributed by atoms with Gasteiger partial charge in [0.15, 0.2) is 12.5 Å². The predicted octanol–water partition coefficient (Wildman–Crippen LogP) is 1.56. The first-order valence-corrected chi connectivity index (χ1v) is 3.69. The van der Waals surface area contributed by atoms with E-state index in [1.54, 1.807) is 0 Å². The molecule has 0 spiro atoms. The van der Waals surface area contributed by atoms with Crippen molar-refractivity contribution in [2.75, 3.05) is 0 Å². The van der Waals surface area contributed by atoms with Crippen LogP contribution in [0.3, 0.4) is 0 Å². The SMILES string of the molecule is O=Cc1cc([N+](=O)[O-])ncc1Br. The normalized spacial score (nSPS) is 9.42. The summed E-state index contributed by atoms with van der Waals surface area (Å²) in [6.45, 7) is 0. The largest absolute Gasteiger partial charge is 0.364 e. The first kappa shape index (κ1) is 8.79. The fourth-order valence-corrected chi connectivity index (χ4v) is 0.943. The van der Waals surface area contributed by atoms with E-state index in [4.69, 9.17) is 0 Å². The molecule has 0 amide bonds. The lowest BCUT2D eigenvalue weighted by molar-refractivity contribution is -0.389. The van der Waals surface area contributed by atoms with Crippen LogP contribution < -0.4 is 0 Å². The van der Waals surface area contributed by atoms with Gasteiger partial charge in [-0.2, -0.15) is 0 Å². The van der Waals surface area contributed by atoms with Crippen LogP contribution in [0.1, 0.15) is 10.4 Å². The highest BCUT2D eigenvalue weighted by atomic mass is 79.9. The van der Waals surface area contributed by atoms with Crippen molar-refractivity contribution in [2.24, 2.45) is 0 Å². The van der Waals surface area contributed by atoms with Gasteiger partial charge in [0.25, 0.3) is 0 Å². The molecule has 62 valence electrons. The Kier molecular flexibility index (Phi) is 2.49. The number of hydrogen-bond acceptors (Lipinski definition) is 4. The molecule has 1 heterocycles. The van der Waals surface area contributed by atoms with Gasteiger partial charge in [0.2, 0.25) is 0 Å². The fourth-order valence-electron chi connectivity index (χ4n) is 0.633. The van der Waals surface area contributed by atoms with E-state index >= 15 is 0 Å². The first-order chi connectivity index (χ1) is 5.65. The minimum absolute atomic E-state index is 0.219. The van der Waals surface area contributed by atoms with E-state index in [2.05, 4.69) is 20.9 Å². The predicted molar refractivity (Wildman–Crippen MR) is 44.0 cm³/mol. The quantitative estimate of drug-likeness (QED) is 0.439. The van der Waals surface area contributed by atoms with Crippen molar-refractivity contribution >= 4 is 28.0 Å². The number of halogens is 1. The molecule has 0 bridgehead atoms. The Morgan fingerprint density at radius 2 is 2.33 bits per heavy atom. The van der Waals surface area contributed by atoms with Crippen LogP contribution in [0.15, 0.2) is 16.7 Å². The molecular formula is C6H3BrN2O3. The third-order valence-electron chi connectivity index (χ3n) is 1.18. The first-order valence-electron chi connectivity index (χ1n) is 2.90. The second-order valence-electron chi connectivity index (χ2n) is 1.94. The number of nitro groups is 1. The van der Waals surface area contributed by atoms with Crippen molar-refractivity contribution in [1.82, 2.24) is 4.98 Å².